The number of para-hydroxylation sites is 1. The van der Waals surface area contributed by atoms with Crippen LogP contribution in [0.5, 0.6) is 0 Å². The highest BCUT2D eigenvalue weighted by Gasteiger charge is 2.20. The molecule has 10 heteroatoms. The number of carbonyl (C=O) groups is 2. The minimum Gasteiger partial charge on any atom is -0.453 e. The van der Waals surface area contributed by atoms with E-state index in [1.54, 1.807) is 10.9 Å². The van der Waals surface area contributed by atoms with Crippen molar-refractivity contribution in [3.8, 4) is 5.69 Å². The summed E-state index contributed by atoms with van der Waals surface area (Å²) in [6.45, 7) is 1.41. The summed E-state index contributed by atoms with van der Waals surface area (Å²) in [6, 6.07) is 13.2. The lowest BCUT2D eigenvalue weighted by Gasteiger charge is -2.14. The lowest BCUT2D eigenvalue weighted by atomic mass is 10.2. The number of aromatic nitrogens is 2. The second-order valence-electron chi connectivity index (χ2n) is 6.67. The van der Waals surface area contributed by atoms with Gasteiger partial charge in [0.2, 0.25) is 0 Å². The third kappa shape index (κ3) is 5.89. The van der Waals surface area contributed by atoms with Crippen molar-refractivity contribution in [3.05, 3.63) is 81.6 Å². The molecular formula is C21H19ClN4O5. The average molecular weight is 443 g/mol. The number of hydrogen-bond donors (Lipinski definition) is 1. The van der Waals surface area contributed by atoms with Gasteiger partial charge in [-0.2, -0.15) is 5.10 Å². The summed E-state index contributed by atoms with van der Waals surface area (Å²) in [5, 5.41) is 17.7. The highest BCUT2D eigenvalue weighted by Crippen LogP contribution is 2.26. The van der Waals surface area contributed by atoms with Crippen molar-refractivity contribution in [1.29, 1.82) is 0 Å². The van der Waals surface area contributed by atoms with Gasteiger partial charge in [0, 0.05) is 24.8 Å². The first-order chi connectivity index (χ1) is 14.8. The molecule has 3 aromatic rings. The molecule has 0 radical (unpaired) electrons. The summed E-state index contributed by atoms with van der Waals surface area (Å²) in [5.74, 6) is -1.20. The van der Waals surface area contributed by atoms with E-state index >= 15 is 0 Å². The number of hydrogen-bond acceptors (Lipinski definition) is 6. The van der Waals surface area contributed by atoms with Gasteiger partial charge in [-0.05, 0) is 37.1 Å². The molecular weight excluding hydrogens is 424 g/mol. The molecule has 0 fully saturated rings. The molecule has 0 aliphatic rings. The maximum absolute atomic E-state index is 12.3. The highest BCUT2D eigenvalue weighted by molar-refractivity contribution is 6.33. The molecule has 0 saturated heterocycles. The molecule has 2 aromatic carbocycles. The van der Waals surface area contributed by atoms with Crippen LogP contribution in [0.2, 0.25) is 5.02 Å². The van der Waals surface area contributed by atoms with Crippen molar-refractivity contribution in [2.75, 3.05) is 5.32 Å². The molecule has 160 valence electrons. The zero-order valence-electron chi connectivity index (χ0n) is 16.5. The SMILES string of the molecule is CC(OC(=O)CCc1cnn(-c2ccccc2)c1)C(=O)Nc1cc([N+](=O)[O-])ccc1Cl. The summed E-state index contributed by atoms with van der Waals surface area (Å²) in [6.07, 6.45) is 2.85. The fourth-order valence-electron chi connectivity index (χ4n) is 2.72. The number of aryl methyl sites for hydroxylation is 1. The predicted molar refractivity (Wildman–Crippen MR) is 114 cm³/mol. The monoisotopic (exact) mass is 442 g/mol. The molecule has 9 nitrogen and oxygen atoms in total. The number of amides is 1. The summed E-state index contributed by atoms with van der Waals surface area (Å²) in [5.41, 5.74) is 1.60. The van der Waals surface area contributed by atoms with Crippen LogP contribution in [-0.2, 0) is 20.7 Å². The lowest BCUT2D eigenvalue weighted by Crippen LogP contribution is -2.30. The number of nitrogens with zero attached hydrogens (tertiary/aromatic N) is 3. The molecule has 0 bridgehead atoms. The minimum atomic E-state index is -1.10. The topological polar surface area (TPSA) is 116 Å². The molecule has 0 aliphatic heterocycles. The minimum absolute atomic E-state index is 0.0651. The quantitative estimate of drug-likeness (QED) is 0.321. The van der Waals surface area contributed by atoms with Crippen LogP contribution < -0.4 is 5.32 Å². The van der Waals surface area contributed by atoms with Gasteiger partial charge in [0.25, 0.3) is 11.6 Å². The van der Waals surface area contributed by atoms with E-state index in [9.17, 15) is 19.7 Å². The number of non-ortho nitro benzene ring substituents is 1. The van der Waals surface area contributed by atoms with Crippen LogP contribution in [0.15, 0.2) is 60.9 Å². The summed E-state index contributed by atoms with van der Waals surface area (Å²) in [7, 11) is 0. The smallest absolute Gasteiger partial charge is 0.306 e. The number of halogens is 1. The molecule has 1 atom stereocenters. The number of rotatable bonds is 8. The van der Waals surface area contributed by atoms with E-state index in [0.717, 1.165) is 17.3 Å². The number of nitrogens with one attached hydrogen (secondary N) is 1. The van der Waals surface area contributed by atoms with Crippen molar-refractivity contribution in [2.45, 2.75) is 25.9 Å². The number of nitro groups is 1. The van der Waals surface area contributed by atoms with Crippen LogP contribution in [0.4, 0.5) is 11.4 Å². The Morgan fingerprint density at radius 2 is 2.00 bits per heavy atom. The molecule has 0 saturated carbocycles. The molecule has 1 heterocycles. The Hall–Kier alpha value is -3.72. The van der Waals surface area contributed by atoms with Crippen molar-refractivity contribution >= 4 is 34.9 Å². The Labute approximate surface area is 182 Å². The van der Waals surface area contributed by atoms with Gasteiger partial charge in [-0.1, -0.05) is 29.8 Å². The van der Waals surface area contributed by atoms with E-state index in [1.165, 1.54) is 19.1 Å². The summed E-state index contributed by atoms with van der Waals surface area (Å²) in [4.78, 5) is 34.7. The van der Waals surface area contributed by atoms with Crippen LogP contribution in [0.3, 0.4) is 0 Å². The van der Waals surface area contributed by atoms with E-state index < -0.39 is 22.9 Å². The van der Waals surface area contributed by atoms with Gasteiger partial charge in [-0.15, -0.1) is 0 Å². The van der Waals surface area contributed by atoms with Gasteiger partial charge in [0.15, 0.2) is 6.10 Å². The van der Waals surface area contributed by atoms with Crippen molar-refractivity contribution < 1.29 is 19.2 Å². The molecule has 1 unspecified atom stereocenters. The fraction of sp³-hybridized carbons (Fsp3) is 0.190. The summed E-state index contributed by atoms with van der Waals surface area (Å²) < 4.78 is 6.87. The highest BCUT2D eigenvalue weighted by atomic mass is 35.5. The first-order valence-electron chi connectivity index (χ1n) is 9.37. The van der Waals surface area contributed by atoms with Gasteiger partial charge < -0.3 is 10.1 Å². The van der Waals surface area contributed by atoms with Gasteiger partial charge >= 0.3 is 5.97 Å². The number of nitro benzene ring substituents is 1. The average Bonchev–Trinajstić information content (AvgIpc) is 3.23. The van der Waals surface area contributed by atoms with Crippen LogP contribution >= 0.6 is 11.6 Å². The van der Waals surface area contributed by atoms with E-state index in [0.29, 0.717) is 6.42 Å². The van der Waals surface area contributed by atoms with Gasteiger partial charge in [-0.3, -0.25) is 19.7 Å². The molecule has 1 N–H and O–H groups in total. The Bertz CT molecular complexity index is 1100. The van der Waals surface area contributed by atoms with Gasteiger partial charge in [-0.25, -0.2) is 4.68 Å². The second-order valence-corrected chi connectivity index (χ2v) is 7.08. The molecule has 1 aromatic heterocycles. The molecule has 3 rings (SSSR count). The van der Waals surface area contributed by atoms with E-state index in [4.69, 9.17) is 16.3 Å². The third-order valence-electron chi connectivity index (χ3n) is 4.37. The van der Waals surface area contributed by atoms with E-state index in [-0.39, 0.29) is 22.8 Å². The standard InChI is InChI=1S/C21H19ClN4O5/c1-14(21(28)24-19-11-17(26(29)30)8-9-18(19)22)31-20(27)10-7-15-12-23-25(13-15)16-5-3-2-4-6-16/h2-6,8-9,11-14H,7,10H2,1H3,(H,24,28). The molecule has 0 aliphatic carbocycles. The van der Waals surface area contributed by atoms with Crippen molar-refractivity contribution in [3.63, 3.8) is 0 Å². The fourth-order valence-corrected chi connectivity index (χ4v) is 2.89. The second kappa shape index (κ2) is 9.86. The van der Waals surface area contributed by atoms with Crippen molar-refractivity contribution in [1.82, 2.24) is 9.78 Å². The Morgan fingerprint density at radius 3 is 2.71 bits per heavy atom. The number of esters is 1. The lowest BCUT2D eigenvalue weighted by molar-refractivity contribution is -0.384. The number of carbonyl (C=O) groups excluding carboxylic acids is 2. The van der Waals surface area contributed by atoms with Crippen molar-refractivity contribution in [2.24, 2.45) is 0 Å². The summed E-state index contributed by atoms with van der Waals surface area (Å²) >= 11 is 5.97. The third-order valence-corrected chi connectivity index (χ3v) is 4.70. The normalized spacial score (nSPS) is 11.5. The largest absolute Gasteiger partial charge is 0.453 e. The van der Waals surface area contributed by atoms with Crippen LogP contribution in [0, 0.1) is 10.1 Å². The number of ether oxygens (including phenoxy) is 1. The van der Waals surface area contributed by atoms with Gasteiger partial charge in [0.05, 0.1) is 27.5 Å². The Morgan fingerprint density at radius 1 is 1.26 bits per heavy atom. The maximum atomic E-state index is 12.3. The zero-order chi connectivity index (χ0) is 22.4. The van der Waals surface area contributed by atoms with E-state index in [1.807, 2.05) is 36.5 Å². The van der Waals surface area contributed by atoms with Crippen LogP contribution in [0.1, 0.15) is 18.9 Å². The number of anilines is 1. The predicted octanol–water partition coefficient (Wildman–Crippen LogP) is 3.94. The van der Waals surface area contributed by atoms with E-state index in [2.05, 4.69) is 10.4 Å². The zero-order valence-corrected chi connectivity index (χ0v) is 17.3. The molecule has 1 amide bonds. The Kier molecular flexibility index (Phi) is 6.99. The molecule has 31 heavy (non-hydrogen) atoms. The molecule has 0 spiro atoms. The Balaban J connectivity index is 1.51. The van der Waals surface area contributed by atoms with Crippen LogP contribution in [-0.4, -0.2) is 32.7 Å². The van der Waals surface area contributed by atoms with Crippen LogP contribution in [0.25, 0.3) is 5.69 Å². The maximum Gasteiger partial charge on any atom is 0.306 e. The first-order valence-corrected chi connectivity index (χ1v) is 9.74. The van der Waals surface area contributed by atoms with Gasteiger partial charge in [0.1, 0.15) is 0 Å². The number of benzene rings is 2. The first kappa shape index (κ1) is 22.0.